The van der Waals surface area contributed by atoms with Crippen LogP contribution in [0.1, 0.15) is 39.0 Å². The molecule has 2 aliphatic heterocycles. The number of nitrogens with zero attached hydrogens (tertiary/aromatic N) is 1. The summed E-state index contributed by atoms with van der Waals surface area (Å²) in [6, 6.07) is 1.46. The van der Waals surface area contributed by atoms with Crippen LogP contribution in [0.5, 0.6) is 0 Å². The summed E-state index contributed by atoms with van der Waals surface area (Å²) in [5.74, 6) is 0. The third kappa shape index (κ3) is 3.44. The Labute approximate surface area is 99.5 Å². The minimum absolute atomic E-state index is 0.616. The first-order chi connectivity index (χ1) is 7.90. The fourth-order valence-corrected chi connectivity index (χ4v) is 2.92. The van der Waals surface area contributed by atoms with E-state index in [0.717, 1.165) is 25.8 Å². The highest BCUT2D eigenvalue weighted by molar-refractivity contribution is 4.77. The molecule has 0 aromatic heterocycles. The highest BCUT2D eigenvalue weighted by Gasteiger charge is 2.21. The van der Waals surface area contributed by atoms with Gasteiger partial charge in [0.15, 0.2) is 0 Å². The molecule has 2 fully saturated rings. The molecule has 0 spiro atoms. The van der Waals surface area contributed by atoms with Crippen LogP contribution in [0.4, 0.5) is 0 Å². The normalized spacial score (nSPS) is 32.1. The van der Waals surface area contributed by atoms with Crippen molar-refractivity contribution in [2.45, 2.75) is 51.1 Å². The smallest absolute Gasteiger partial charge is 0.0620 e. The van der Waals surface area contributed by atoms with Crippen molar-refractivity contribution in [2.75, 3.05) is 32.8 Å². The molecule has 2 saturated heterocycles. The molecule has 2 rings (SSSR count). The van der Waals surface area contributed by atoms with Crippen LogP contribution >= 0.6 is 0 Å². The second-order valence-electron chi connectivity index (χ2n) is 5.11. The van der Waals surface area contributed by atoms with Crippen molar-refractivity contribution in [3.05, 3.63) is 0 Å². The van der Waals surface area contributed by atoms with Gasteiger partial charge in [0.1, 0.15) is 0 Å². The third-order valence-corrected chi connectivity index (χ3v) is 3.98. The molecule has 3 nitrogen and oxygen atoms in total. The first-order valence-corrected chi connectivity index (χ1v) is 6.95. The third-order valence-electron chi connectivity index (χ3n) is 3.98. The predicted octanol–water partition coefficient (Wildman–Crippen LogP) is 1.63. The number of nitrogens with one attached hydrogen (secondary N) is 1. The summed E-state index contributed by atoms with van der Waals surface area (Å²) in [6.45, 7) is 7.83. The van der Waals surface area contributed by atoms with E-state index in [1.165, 1.54) is 45.2 Å². The van der Waals surface area contributed by atoms with E-state index in [-0.39, 0.29) is 0 Å². The summed E-state index contributed by atoms with van der Waals surface area (Å²) in [6.07, 6.45) is 6.73. The van der Waals surface area contributed by atoms with Crippen LogP contribution < -0.4 is 5.32 Å². The molecule has 1 N–H and O–H groups in total. The maximum atomic E-state index is 5.37. The van der Waals surface area contributed by atoms with Crippen LogP contribution in [0.3, 0.4) is 0 Å². The Bertz CT molecular complexity index is 192. The van der Waals surface area contributed by atoms with Gasteiger partial charge in [-0.15, -0.1) is 0 Å². The maximum Gasteiger partial charge on any atom is 0.0620 e. The minimum atomic E-state index is 0.616. The SMILES string of the molecule is CCC1CCCCN1CCNC1CCOC1. The Balaban J connectivity index is 1.63. The van der Waals surface area contributed by atoms with Gasteiger partial charge in [0.2, 0.25) is 0 Å². The average molecular weight is 226 g/mol. The van der Waals surface area contributed by atoms with Crippen molar-refractivity contribution in [2.24, 2.45) is 0 Å². The summed E-state index contributed by atoms with van der Waals surface area (Å²) in [5, 5.41) is 3.61. The van der Waals surface area contributed by atoms with E-state index in [2.05, 4.69) is 17.1 Å². The van der Waals surface area contributed by atoms with Crippen molar-refractivity contribution in [1.29, 1.82) is 0 Å². The number of ether oxygens (including phenoxy) is 1. The van der Waals surface area contributed by atoms with E-state index in [1.807, 2.05) is 0 Å². The summed E-state index contributed by atoms with van der Waals surface area (Å²) in [4.78, 5) is 2.67. The Morgan fingerprint density at radius 1 is 1.31 bits per heavy atom. The maximum absolute atomic E-state index is 5.37. The topological polar surface area (TPSA) is 24.5 Å². The van der Waals surface area contributed by atoms with Gasteiger partial charge in [-0.05, 0) is 32.2 Å². The highest BCUT2D eigenvalue weighted by atomic mass is 16.5. The number of likely N-dealkylation sites (tertiary alicyclic amines) is 1. The van der Waals surface area contributed by atoms with Crippen molar-refractivity contribution < 1.29 is 4.74 Å². The van der Waals surface area contributed by atoms with Gasteiger partial charge in [-0.2, -0.15) is 0 Å². The molecular weight excluding hydrogens is 200 g/mol. The van der Waals surface area contributed by atoms with Crippen LogP contribution in [-0.2, 0) is 4.74 Å². The zero-order valence-electron chi connectivity index (χ0n) is 10.6. The van der Waals surface area contributed by atoms with Gasteiger partial charge in [0, 0.05) is 31.8 Å². The van der Waals surface area contributed by atoms with Crippen LogP contribution in [0.15, 0.2) is 0 Å². The number of hydrogen-bond acceptors (Lipinski definition) is 3. The molecule has 0 aromatic rings. The minimum Gasteiger partial charge on any atom is -0.380 e. The molecule has 3 heteroatoms. The van der Waals surface area contributed by atoms with Gasteiger partial charge in [-0.25, -0.2) is 0 Å². The molecule has 2 unspecified atom stereocenters. The molecule has 0 aliphatic carbocycles. The fourth-order valence-electron chi connectivity index (χ4n) is 2.92. The molecule has 2 heterocycles. The Morgan fingerprint density at radius 3 is 3.00 bits per heavy atom. The van der Waals surface area contributed by atoms with Gasteiger partial charge in [-0.3, -0.25) is 4.90 Å². The zero-order chi connectivity index (χ0) is 11.2. The molecule has 94 valence electrons. The van der Waals surface area contributed by atoms with Gasteiger partial charge < -0.3 is 10.1 Å². The number of piperidine rings is 1. The zero-order valence-corrected chi connectivity index (χ0v) is 10.6. The lowest BCUT2D eigenvalue weighted by atomic mass is 10.0. The molecule has 0 amide bonds. The predicted molar refractivity (Wildman–Crippen MR) is 66.7 cm³/mol. The first-order valence-electron chi connectivity index (χ1n) is 6.95. The second-order valence-corrected chi connectivity index (χ2v) is 5.11. The molecule has 2 atom stereocenters. The van der Waals surface area contributed by atoms with Gasteiger partial charge >= 0.3 is 0 Å². The van der Waals surface area contributed by atoms with Gasteiger partial charge in [0.25, 0.3) is 0 Å². The largest absolute Gasteiger partial charge is 0.380 e. The number of rotatable bonds is 5. The summed E-state index contributed by atoms with van der Waals surface area (Å²) < 4.78 is 5.37. The van der Waals surface area contributed by atoms with E-state index >= 15 is 0 Å². The lowest BCUT2D eigenvalue weighted by Crippen LogP contribution is -2.44. The van der Waals surface area contributed by atoms with Gasteiger partial charge in [0.05, 0.1) is 6.61 Å². The fraction of sp³-hybridized carbons (Fsp3) is 1.00. The first kappa shape index (κ1) is 12.3. The van der Waals surface area contributed by atoms with Crippen molar-refractivity contribution in [3.8, 4) is 0 Å². The molecule has 0 bridgehead atoms. The van der Waals surface area contributed by atoms with Crippen molar-refractivity contribution in [1.82, 2.24) is 10.2 Å². The molecule has 16 heavy (non-hydrogen) atoms. The quantitative estimate of drug-likeness (QED) is 0.771. The molecular formula is C13H26N2O. The highest BCUT2D eigenvalue weighted by Crippen LogP contribution is 2.18. The number of hydrogen-bond donors (Lipinski definition) is 1. The molecule has 2 aliphatic rings. The molecule has 0 saturated carbocycles. The molecule has 0 radical (unpaired) electrons. The van der Waals surface area contributed by atoms with E-state index in [1.54, 1.807) is 0 Å². The Hall–Kier alpha value is -0.120. The average Bonchev–Trinajstić information content (AvgIpc) is 2.83. The van der Waals surface area contributed by atoms with Crippen LogP contribution in [-0.4, -0.2) is 49.8 Å². The van der Waals surface area contributed by atoms with Crippen molar-refractivity contribution >= 4 is 0 Å². The standard InChI is InChI=1S/C13H26N2O/c1-2-13-5-3-4-8-15(13)9-7-14-12-6-10-16-11-12/h12-14H,2-11H2,1H3. The summed E-state index contributed by atoms with van der Waals surface area (Å²) >= 11 is 0. The van der Waals surface area contributed by atoms with E-state index in [4.69, 9.17) is 4.74 Å². The van der Waals surface area contributed by atoms with Crippen LogP contribution in [0.25, 0.3) is 0 Å². The summed E-state index contributed by atoms with van der Waals surface area (Å²) in [7, 11) is 0. The van der Waals surface area contributed by atoms with E-state index < -0.39 is 0 Å². The van der Waals surface area contributed by atoms with E-state index in [0.29, 0.717) is 6.04 Å². The Kier molecular flexibility index (Phi) is 5.07. The van der Waals surface area contributed by atoms with Gasteiger partial charge in [-0.1, -0.05) is 13.3 Å². The lowest BCUT2D eigenvalue weighted by molar-refractivity contribution is 0.142. The Morgan fingerprint density at radius 2 is 2.25 bits per heavy atom. The van der Waals surface area contributed by atoms with E-state index in [9.17, 15) is 0 Å². The van der Waals surface area contributed by atoms with Crippen LogP contribution in [0.2, 0.25) is 0 Å². The summed E-state index contributed by atoms with van der Waals surface area (Å²) in [5.41, 5.74) is 0. The lowest BCUT2D eigenvalue weighted by Gasteiger charge is -2.35. The molecule has 0 aromatic carbocycles. The second kappa shape index (κ2) is 6.58. The van der Waals surface area contributed by atoms with Crippen LogP contribution in [0, 0.1) is 0 Å². The monoisotopic (exact) mass is 226 g/mol. The van der Waals surface area contributed by atoms with Crippen molar-refractivity contribution in [3.63, 3.8) is 0 Å².